The summed E-state index contributed by atoms with van der Waals surface area (Å²) in [5.74, 6) is 0.145. The van der Waals surface area contributed by atoms with Crippen LogP contribution in [0.4, 0.5) is 8.78 Å². The summed E-state index contributed by atoms with van der Waals surface area (Å²) in [4.78, 5) is 0. The molecule has 0 spiro atoms. The largest absolute Gasteiger partial charge is 0.307 e. The molecule has 0 bridgehead atoms. The normalized spacial score (nSPS) is 24.6. The van der Waals surface area contributed by atoms with Crippen molar-refractivity contribution in [3.63, 3.8) is 0 Å². The van der Waals surface area contributed by atoms with Crippen LogP contribution < -0.4 is 5.32 Å². The van der Waals surface area contributed by atoms with Crippen LogP contribution in [0.2, 0.25) is 0 Å². The van der Waals surface area contributed by atoms with Gasteiger partial charge in [-0.1, -0.05) is 6.92 Å². The van der Waals surface area contributed by atoms with E-state index in [0.717, 1.165) is 29.9 Å². The molecule has 2 rings (SSSR count). The predicted octanol–water partition coefficient (Wildman–Crippen LogP) is 4.29. The molecule has 4 heteroatoms. The van der Waals surface area contributed by atoms with Crippen LogP contribution in [0.3, 0.4) is 0 Å². The van der Waals surface area contributed by atoms with E-state index < -0.39 is 11.6 Å². The molecule has 106 valence electrons. The van der Waals surface area contributed by atoms with Crippen molar-refractivity contribution in [1.29, 1.82) is 0 Å². The second kappa shape index (κ2) is 6.71. The molecule has 1 aromatic carbocycles. The van der Waals surface area contributed by atoms with Crippen molar-refractivity contribution in [1.82, 2.24) is 5.32 Å². The molecule has 0 aromatic heterocycles. The second-order valence-corrected chi connectivity index (χ2v) is 6.76. The van der Waals surface area contributed by atoms with Gasteiger partial charge in [0.05, 0.1) is 0 Å². The zero-order chi connectivity index (χ0) is 13.8. The average molecular weight is 285 g/mol. The summed E-state index contributed by atoms with van der Waals surface area (Å²) in [5.41, 5.74) is 0.684. The van der Waals surface area contributed by atoms with E-state index in [0.29, 0.717) is 11.6 Å². The second-order valence-electron chi connectivity index (χ2n) is 5.18. The van der Waals surface area contributed by atoms with Crippen LogP contribution in [0.15, 0.2) is 18.2 Å². The van der Waals surface area contributed by atoms with Gasteiger partial charge in [0, 0.05) is 23.4 Å². The Kier molecular flexibility index (Phi) is 5.22. The first-order valence-electron chi connectivity index (χ1n) is 6.92. The lowest BCUT2D eigenvalue weighted by molar-refractivity contribution is 0.457. The summed E-state index contributed by atoms with van der Waals surface area (Å²) >= 11 is 2.01. The van der Waals surface area contributed by atoms with Gasteiger partial charge < -0.3 is 5.32 Å². The highest BCUT2D eigenvalue weighted by Gasteiger charge is 2.25. The molecule has 1 N–H and O–H groups in total. The summed E-state index contributed by atoms with van der Waals surface area (Å²) in [6.45, 7) is 4.15. The van der Waals surface area contributed by atoms with Crippen LogP contribution in [0.1, 0.15) is 44.7 Å². The number of thioether (sulfide) groups is 1. The molecule has 0 radical (unpaired) electrons. The third-order valence-corrected chi connectivity index (χ3v) is 4.89. The van der Waals surface area contributed by atoms with Crippen LogP contribution in [-0.4, -0.2) is 17.0 Å². The zero-order valence-corrected chi connectivity index (χ0v) is 12.3. The lowest BCUT2D eigenvalue weighted by atomic mass is 10.1. The molecule has 1 nitrogen and oxygen atoms in total. The van der Waals surface area contributed by atoms with Crippen LogP contribution in [0, 0.1) is 11.6 Å². The quantitative estimate of drug-likeness (QED) is 0.866. The molecular weight excluding hydrogens is 264 g/mol. The average Bonchev–Trinajstić information content (AvgIpc) is 2.76. The minimum Gasteiger partial charge on any atom is -0.307 e. The van der Waals surface area contributed by atoms with Gasteiger partial charge in [-0.3, -0.25) is 0 Å². The van der Waals surface area contributed by atoms with E-state index in [2.05, 4.69) is 12.2 Å². The molecule has 1 aliphatic carbocycles. The third-order valence-electron chi connectivity index (χ3n) is 3.66. The maximum absolute atomic E-state index is 13.2. The minimum atomic E-state index is -0.505. The molecule has 0 aliphatic heterocycles. The Morgan fingerprint density at radius 3 is 2.58 bits per heavy atom. The first-order valence-corrected chi connectivity index (χ1v) is 7.97. The number of rotatable bonds is 5. The molecule has 0 heterocycles. The first-order chi connectivity index (χ1) is 9.08. The molecule has 19 heavy (non-hydrogen) atoms. The van der Waals surface area contributed by atoms with Crippen molar-refractivity contribution in [2.45, 2.75) is 50.4 Å². The monoisotopic (exact) mass is 285 g/mol. The molecule has 1 fully saturated rings. The Bertz CT molecular complexity index is 404. The molecule has 0 saturated heterocycles. The Hall–Kier alpha value is -0.610. The van der Waals surface area contributed by atoms with Crippen molar-refractivity contribution in [3.8, 4) is 0 Å². The molecule has 1 aliphatic rings. The van der Waals surface area contributed by atoms with Crippen LogP contribution >= 0.6 is 11.8 Å². The number of hydrogen-bond acceptors (Lipinski definition) is 2. The van der Waals surface area contributed by atoms with E-state index in [4.69, 9.17) is 0 Å². The summed E-state index contributed by atoms with van der Waals surface area (Å²) in [5, 5.41) is 4.23. The fraction of sp³-hybridized carbons (Fsp3) is 0.600. The van der Waals surface area contributed by atoms with Gasteiger partial charge in [0.2, 0.25) is 0 Å². The highest BCUT2D eigenvalue weighted by molar-refractivity contribution is 7.99. The molecule has 0 amide bonds. The molecular formula is C15H21F2NS. The number of nitrogens with one attached hydrogen (secondary N) is 1. The van der Waals surface area contributed by atoms with Crippen molar-refractivity contribution in [3.05, 3.63) is 35.4 Å². The maximum atomic E-state index is 13.2. The van der Waals surface area contributed by atoms with Crippen LogP contribution in [0.5, 0.6) is 0 Å². The summed E-state index contributed by atoms with van der Waals surface area (Å²) in [6, 6.07) is 4.19. The summed E-state index contributed by atoms with van der Waals surface area (Å²) < 4.78 is 26.4. The summed E-state index contributed by atoms with van der Waals surface area (Å²) in [6.07, 6.45) is 3.54. The Labute approximate surface area is 118 Å². The van der Waals surface area contributed by atoms with Crippen molar-refractivity contribution in [2.75, 3.05) is 5.75 Å². The van der Waals surface area contributed by atoms with Gasteiger partial charge in [0.1, 0.15) is 11.6 Å². The molecule has 3 atom stereocenters. The Morgan fingerprint density at radius 1 is 1.26 bits per heavy atom. The Balaban J connectivity index is 1.92. The van der Waals surface area contributed by atoms with Crippen molar-refractivity contribution in [2.24, 2.45) is 0 Å². The number of halogens is 2. The highest BCUT2D eigenvalue weighted by atomic mass is 32.2. The topological polar surface area (TPSA) is 12.0 Å². The van der Waals surface area contributed by atoms with Gasteiger partial charge in [0.15, 0.2) is 0 Å². The van der Waals surface area contributed by atoms with Gasteiger partial charge in [-0.25, -0.2) is 8.78 Å². The predicted molar refractivity (Wildman–Crippen MR) is 77.5 cm³/mol. The van der Waals surface area contributed by atoms with E-state index in [-0.39, 0.29) is 6.04 Å². The van der Waals surface area contributed by atoms with E-state index in [1.807, 2.05) is 18.7 Å². The van der Waals surface area contributed by atoms with Gasteiger partial charge in [-0.2, -0.15) is 11.8 Å². The summed E-state index contributed by atoms with van der Waals surface area (Å²) in [7, 11) is 0. The SMILES string of the molecule is CCSC1CCC(NC(C)c2cc(F)cc(F)c2)C1. The van der Waals surface area contributed by atoms with E-state index >= 15 is 0 Å². The van der Waals surface area contributed by atoms with Gasteiger partial charge in [-0.15, -0.1) is 0 Å². The Morgan fingerprint density at radius 2 is 1.95 bits per heavy atom. The zero-order valence-electron chi connectivity index (χ0n) is 11.5. The minimum absolute atomic E-state index is 0.0134. The van der Waals surface area contributed by atoms with E-state index in [9.17, 15) is 8.78 Å². The van der Waals surface area contributed by atoms with Gasteiger partial charge in [0.25, 0.3) is 0 Å². The number of hydrogen-bond donors (Lipinski definition) is 1. The van der Waals surface area contributed by atoms with Gasteiger partial charge >= 0.3 is 0 Å². The van der Waals surface area contributed by atoms with E-state index in [1.54, 1.807) is 0 Å². The first kappa shape index (κ1) is 14.8. The molecule has 1 saturated carbocycles. The van der Waals surface area contributed by atoms with Crippen LogP contribution in [0.25, 0.3) is 0 Å². The van der Waals surface area contributed by atoms with Crippen LogP contribution in [-0.2, 0) is 0 Å². The van der Waals surface area contributed by atoms with Crippen molar-refractivity contribution >= 4 is 11.8 Å². The lowest BCUT2D eigenvalue weighted by Gasteiger charge is -2.20. The fourth-order valence-electron chi connectivity index (χ4n) is 2.75. The lowest BCUT2D eigenvalue weighted by Crippen LogP contribution is -2.29. The van der Waals surface area contributed by atoms with E-state index in [1.165, 1.54) is 18.6 Å². The third kappa shape index (κ3) is 4.18. The molecule has 3 unspecified atom stereocenters. The highest BCUT2D eigenvalue weighted by Crippen LogP contribution is 2.31. The smallest absolute Gasteiger partial charge is 0.126 e. The number of benzene rings is 1. The standard InChI is InChI=1S/C15H21F2NS/c1-3-19-15-5-4-14(9-15)18-10(2)11-6-12(16)8-13(17)7-11/h6-8,10,14-15,18H,3-5,9H2,1-2H3. The fourth-order valence-corrected chi connectivity index (χ4v) is 3.90. The molecule has 1 aromatic rings. The van der Waals surface area contributed by atoms with Crippen molar-refractivity contribution < 1.29 is 8.78 Å². The maximum Gasteiger partial charge on any atom is 0.126 e. The van der Waals surface area contributed by atoms with Gasteiger partial charge in [-0.05, 0) is 49.6 Å².